The molecule has 5 nitrogen and oxygen atoms in total. The molecular weight excluding hydrogens is 222 g/mol. The normalized spacial score (nSPS) is 14.1. The number of rotatable bonds is 6. The van der Waals surface area contributed by atoms with E-state index >= 15 is 0 Å². The molecule has 0 saturated carbocycles. The first-order valence-corrected chi connectivity index (χ1v) is 6.46. The molecule has 0 aliphatic rings. The lowest BCUT2D eigenvalue weighted by Crippen LogP contribution is -2.41. The number of hydrogen-bond acceptors (Lipinski definition) is 5. The van der Waals surface area contributed by atoms with Gasteiger partial charge in [0.15, 0.2) is 0 Å². The van der Waals surface area contributed by atoms with Crippen LogP contribution in [0, 0.1) is 0 Å². The van der Waals surface area contributed by atoms with Crippen molar-refractivity contribution in [2.45, 2.75) is 50.1 Å². The van der Waals surface area contributed by atoms with Gasteiger partial charge in [-0.1, -0.05) is 25.6 Å². The summed E-state index contributed by atoms with van der Waals surface area (Å²) in [6.07, 6.45) is 1.12. The van der Waals surface area contributed by atoms with Gasteiger partial charge in [-0.2, -0.15) is 0 Å². The minimum Gasteiger partial charge on any atom is -0.311 e. The van der Waals surface area contributed by atoms with Crippen LogP contribution in [0.4, 0.5) is 0 Å². The van der Waals surface area contributed by atoms with Crippen molar-refractivity contribution in [3.8, 4) is 0 Å². The van der Waals surface area contributed by atoms with Gasteiger partial charge in [-0.05, 0) is 30.7 Å². The highest BCUT2D eigenvalue weighted by Crippen LogP contribution is 2.19. The van der Waals surface area contributed by atoms with E-state index in [1.54, 1.807) is 16.4 Å². The molecule has 1 N–H and O–H groups in total. The molecule has 0 fully saturated rings. The van der Waals surface area contributed by atoms with Crippen molar-refractivity contribution < 1.29 is 0 Å². The zero-order chi connectivity index (χ0) is 12.2. The summed E-state index contributed by atoms with van der Waals surface area (Å²) in [4.78, 5) is 0. The fourth-order valence-corrected chi connectivity index (χ4v) is 1.89. The standard InChI is InChI=1S/C10H21N5S/c1-6-10(3,4)11-7-8(2)16-9-12-13-14-15(9)5/h8,11H,6-7H2,1-5H3. The average molecular weight is 243 g/mol. The number of aryl methyl sites for hydroxylation is 1. The molecule has 1 atom stereocenters. The molecular formula is C10H21N5S. The number of hydrogen-bond donors (Lipinski definition) is 1. The van der Waals surface area contributed by atoms with Gasteiger partial charge in [-0.15, -0.1) is 5.10 Å². The van der Waals surface area contributed by atoms with Crippen LogP contribution in [0.2, 0.25) is 0 Å². The second-order valence-electron chi connectivity index (χ2n) is 4.63. The molecule has 1 unspecified atom stereocenters. The van der Waals surface area contributed by atoms with Gasteiger partial charge >= 0.3 is 0 Å². The molecule has 0 aliphatic heterocycles. The maximum atomic E-state index is 3.96. The summed E-state index contributed by atoms with van der Waals surface area (Å²) in [7, 11) is 1.86. The van der Waals surface area contributed by atoms with Gasteiger partial charge in [0, 0.05) is 24.4 Å². The molecule has 1 rings (SSSR count). The van der Waals surface area contributed by atoms with Gasteiger partial charge in [0.05, 0.1) is 0 Å². The first kappa shape index (κ1) is 13.4. The van der Waals surface area contributed by atoms with E-state index < -0.39 is 0 Å². The molecule has 16 heavy (non-hydrogen) atoms. The van der Waals surface area contributed by atoms with Crippen molar-refractivity contribution in [2.24, 2.45) is 7.05 Å². The van der Waals surface area contributed by atoms with E-state index in [9.17, 15) is 0 Å². The molecule has 0 aliphatic carbocycles. The quantitative estimate of drug-likeness (QED) is 0.767. The van der Waals surface area contributed by atoms with E-state index in [4.69, 9.17) is 0 Å². The predicted octanol–water partition coefficient (Wildman–Crippen LogP) is 1.47. The highest BCUT2D eigenvalue weighted by atomic mass is 32.2. The number of nitrogens with zero attached hydrogens (tertiary/aromatic N) is 4. The SMILES string of the molecule is CCC(C)(C)NCC(C)Sc1nnnn1C. The Morgan fingerprint density at radius 2 is 2.19 bits per heavy atom. The van der Waals surface area contributed by atoms with E-state index in [1.807, 2.05) is 7.05 Å². The molecule has 0 amide bonds. The van der Waals surface area contributed by atoms with Gasteiger partial charge in [0.25, 0.3) is 0 Å². The Kier molecular flexibility index (Phi) is 4.73. The first-order chi connectivity index (χ1) is 7.44. The van der Waals surface area contributed by atoms with Crippen molar-refractivity contribution in [3.05, 3.63) is 0 Å². The number of aromatic nitrogens is 4. The Morgan fingerprint density at radius 3 is 2.69 bits per heavy atom. The van der Waals surface area contributed by atoms with Gasteiger partial charge < -0.3 is 5.32 Å². The van der Waals surface area contributed by atoms with E-state index in [0.717, 1.165) is 18.1 Å². The third-order valence-corrected chi connectivity index (χ3v) is 3.77. The van der Waals surface area contributed by atoms with Crippen molar-refractivity contribution >= 4 is 11.8 Å². The first-order valence-electron chi connectivity index (χ1n) is 5.58. The van der Waals surface area contributed by atoms with Crippen LogP contribution in [0.3, 0.4) is 0 Å². The molecule has 0 saturated heterocycles. The van der Waals surface area contributed by atoms with Crippen LogP contribution in [-0.2, 0) is 7.05 Å². The van der Waals surface area contributed by atoms with Gasteiger partial charge in [0.2, 0.25) is 5.16 Å². The van der Waals surface area contributed by atoms with Gasteiger partial charge in [-0.25, -0.2) is 4.68 Å². The van der Waals surface area contributed by atoms with Crippen LogP contribution in [0.1, 0.15) is 34.1 Å². The zero-order valence-electron chi connectivity index (χ0n) is 10.7. The van der Waals surface area contributed by atoms with E-state index in [0.29, 0.717) is 5.25 Å². The van der Waals surface area contributed by atoms with Crippen LogP contribution in [0.5, 0.6) is 0 Å². The molecule has 1 aromatic heterocycles. The predicted molar refractivity (Wildman–Crippen MR) is 66.5 cm³/mol. The van der Waals surface area contributed by atoms with Crippen LogP contribution in [-0.4, -0.2) is 37.5 Å². The van der Waals surface area contributed by atoms with Gasteiger partial charge in [0.1, 0.15) is 0 Å². The highest BCUT2D eigenvalue weighted by Gasteiger charge is 2.16. The summed E-state index contributed by atoms with van der Waals surface area (Å²) in [6, 6.07) is 0. The Hall–Kier alpha value is -0.620. The minimum atomic E-state index is 0.201. The van der Waals surface area contributed by atoms with Crippen molar-refractivity contribution in [1.82, 2.24) is 25.5 Å². The summed E-state index contributed by atoms with van der Waals surface area (Å²) in [6.45, 7) is 9.76. The Labute approximate surface area is 101 Å². The van der Waals surface area contributed by atoms with Gasteiger partial charge in [-0.3, -0.25) is 0 Å². The van der Waals surface area contributed by atoms with Crippen molar-refractivity contribution in [3.63, 3.8) is 0 Å². The number of thioether (sulfide) groups is 1. The summed E-state index contributed by atoms with van der Waals surface area (Å²) in [5.74, 6) is 0. The van der Waals surface area contributed by atoms with Crippen LogP contribution in [0.15, 0.2) is 5.16 Å². The third-order valence-electron chi connectivity index (χ3n) is 2.64. The molecule has 6 heteroatoms. The topological polar surface area (TPSA) is 55.6 Å². The molecule has 92 valence electrons. The van der Waals surface area contributed by atoms with E-state index in [2.05, 4.69) is 48.5 Å². The second-order valence-corrected chi connectivity index (χ2v) is 6.04. The molecule has 0 spiro atoms. The Bertz CT molecular complexity index is 323. The smallest absolute Gasteiger partial charge is 0.209 e. The third kappa shape index (κ3) is 4.09. The second kappa shape index (κ2) is 5.63. The fourth-order valence-electron chi connectivity index (χ4n) is 1.09. The molecule has 0 radical (unpaired) electrons. The lowest BCUT2D eigenvalue weighted by Gasteiger charge is -2.26. The maximum absolute atomic E-state index is 3.96. The minimum absolute atomic E-state index is 0.201. The van der Waals surface area contributed by atoms with Crippen molar-refractivity contribution in [2.75, 3.05) is 6.54 Å². The van der Waals surface area contributed by atoms with Crippen LogP contribution < -0.4 is 5.32 Å². The lowest BCUT2D eigenvalue weighted by molar-refractivity contribution is 0.379. The largest absolute Gasteiger partial charge is 0.311 e. The van der Waals surface area contributed by atoms with Crippen LogP contribution >= 0.6 is 11.8 Å². The van der Waals surface area contributed by atoms with Crippen molar-refractivity contribution in [1.29, 1.82) is 0 Å². The monoisotopic (exact) mass is 243 g/mol. The number of tetrazole rings is 1. The van der Waals surface area contributed by atoms with E-state index in [1.165, 1.54) is 0 Å². The average Bonchev–Trinajstić information content (AvgIpc) is 2.62. The number of nitrogens with one attached hydrogen (secondary N) is 1. The molecule has 0 aromatic carbocycles. The molecule has 0 bridgehead atoms. The maximum Gasteiger partial charge on any atom is 0.209 e. The fraction of sp³-hybridized carbons (Fsp3) is 0.900. The highest BCUT2D eigenvalue weighted by molar-refractivity contribution is 7.99. The Balaban J connectivity index is 2.37. The zero-order valence-corrected chi connectivity index (χ0v) is 11.5. The summed E-state index contributed by atoms with van der Waals surface area (Å²) < 4.78 is 1.70. The Morgan fingerprint density at radius 1 is 1.50 bits per heavy atom. The van der Waals surface area contributed by atoms with E-state index in [-0.39, 0.29) is 5.54 Å². The summed E-state index contributed by atoms with van der Waals surface area (Å²) in [5, 5.41) is 16.2. The molecule has 1 heterocycles. The molecule has 1 aromatic rings. The van der Waals surface area contributed by atoms with Crippen LogP contribution in [0.25, 0.3) is 0 Å². The summed E-state index contributed by atoms with van der Waals surface area (Å²) >= 11 is 1.69. The summed E-state index contributed by atoms with van der Waals surface area (Å²) in [5.41, 5.74) is 0.201. The lowest BCUT2D eigenvalue weighted by atomic mass is 10.0.